The second-order valence-corrected chi connectivity index (χ2v) is 8.00. The molecule has 0 spiro atoms. The Bertz CT molecular complexity index is 774. The first-order valence-electron chi connectivity index (χ1n) is 6.04. The predicted octanol–water partition coefficient (Wildman–Crippen LogP) is 3.47. The molecule has 4 nitrogen and oxygen atoms in total. The summed E-state index contributed by atoms with van der Waals surface area (Å²) >= 11 is 7.30. The Morgan fingerprint density at radius 2 is 2.05 bits per heavy atom. The molecule has 3 N–H and O–H groups in total. The van der Waals surface area contributed by atoms with Gasteiger partial charge in [-0.2, -0.15) is 0 Å². The minimum atomic E-state index is -3.89. The third-order valence-electron chi connectivity index (χ3n) is 2.86. The predicted molar refractivity (Wildman–Crippen MR) is 83.6 cm³/mol. The lowest BCUT2D eigenvalue weighted by Gasteiger charge is -2.14. The maximum Gasteiger partial charge on any atom is 0.242 e. The molecule has 0 saturated carbocycles. The highest BCUT2D eigenvalue weighted by atomic mass is 35.5. The van der Waals surface area contributed by atoms with Crippen molar-refractivity contribution in [3.8, 4) is 0 Å². The summed E-state index contributed by atoms with van der Waals surface area (Å²) in [5, 5.41) is -0.205. The Kier molecular flexibility index (Phi) is 4.57. The molecule has 0 aliphatic carbocycles. The van der Waals surface area contributed by atoms with E-state index in [0.29, 0.717) is 0 Å². The summed E-state index contributed by atoms with van der Waals surface area (Å²) in [7, 11) is -3.89. The number of benzene rings is 1. The topological polar surface area (TPSA) is 72.2 Å². The lowest BCUT2D eigenvalue weighted by molar-refractivity contribution is 0.568. The van der Waals surface area contributed by atoms with Crippen molar-refractivity contribution in [2.24, 2.45) is 0 Å². The Labute approximate surface area is 131 Å². The standard InChI is InChI=1S/C13H14ClFN2O2S2/c1-7-3-4-12(20-7)8(2)17-21(18,19)13-6-11(16)10(15)5-9(13)14/h3-6,8,17H,16H2,1-2H3. The number of nitrogen functional groups attached to an aromatic ring is 1. The van der Waals surface area contributed by atoms with E-state index in [2.05, 4.69) is 4.72 Å². The molecule has 2 aromatic rings. The van der Waals surface area contributed by atoms with Gasteiger partial charge < -0.3 is 5.73 Å². The average molecular weight is 349 g/mol. The molecule has 2 rings (SSSR count). The first kappa shape index (κ1) is 16.2. The molecule has 0 aliphatic heterocycles. The van der Waals surface area contributed by atoms with Gasteiger partial charge in [0.05, 0.1) is 16.8 Å². The van der Waals surface area contributed by atoms with Crippen LogP contribution in [0.4, 0.5) is 10.1 Å². The maximum absolute atomic E-state index is 13.3. The Hall–Kier alpha value is -1.15. The van der Waals surface area contributed by atoms with E-state index in [-0.39, 0.29) is 15.6 Å². The van der Waals surface area contributed by atoms with Crippen molar-refractivity contribution in [1.29, 1.82) is 0 Å². The van der Waals surface area contributed by atoms with Crippen molar-refractivity contribution in [1.82, 2.24) is 4.72 Å². The van der Waals surface area contributed by atoms with Crippen LogP contribution in [-0.4, -0.2) is 8.42 Å². The van der Waals surface area contributed by atoms with Gasteiger partial charge in [0.25, 0.3) is 0 Å². The molecular formula is C13H14ClFN2O2S2. The van der Waals surface area contributed by atoms with Gasteiger partial charge >= 0.3 is 0 Å². The molecule has 1 atom stereocenters. The molecule has 1 unspecified atom stereocenters. The zero-order valence-corrected chi connectivity index (χ0v) is 13.7. The van der Waals surface area contributed by atoms with E-state index in [1.54, 1.807) is 6.92 Å². The maximum atomic E-state index is 13.3. The summed E-state index contributed by atoms with van der Waals surface area (Å²) in [6.45, 7) is 3.66. The van der Waals surface area contributed by atoms with E-state index in [4.69, 9.17) is 17.3 Å². The van der Waals surface area contributed by atoms with Crippen LogP contribution < -0.4 is 10.5 Å². The SMILES string of the molecule is Cc1ccc(C(C)NS(=O)(=O)c2cc(N)c(F)cc2Cl)s1. The molecule has 0 radical (unpaired) electrons. The molecule has 1 aromatic carbocycles. The van der Waals surface area contributed by atoms with Gasteiger partial charge in [-0.3, -0.25) is 0 Å². The molecule has 21 heavy (non-hydrogen) atoms. The number of nitrogens with one attached hydrogen (secondary N) is 1. The smallest absolute Gasteiger partial charge is 0.242 e. The van der Waals surface area contributed by atoms with Gasteiger partial charge in [-0.1, -0.05) is 11.6 Å². The van der Waals surface area contributed by atoms with Gasteiger partial charge in [0.1, 0.15) is 10.7 Å². The Balaban J connectivity index is 2.32. The number of hydrogen-bond donors (Lipinski definition) is 2. The second-order valence-electron chi connectivity index (χ2n) is 4.60. The summed E-state index contributed by atoms with van der Waals surface area (Å²) in [6.07, 6.45) is 0. The molecule has 0 fully saturated rings. The molecule has 8 heteroatoms. The first-order chi connectivity index (χ1) is 9.70. The van der Waals surface area contributed by atoms with E-state index in [0.717, 1.165) is 21.9 Å². The fourth-order valence-electron chi connectivity index (χ4n) is 1.79. The van der Waals surface area contributed by atoms with Gasteiger partial charge in [-0.15, -0.1) is 11.3 Å². The highest BCUT2D eigenvalue weighted by Gasteiger charge is 2.23. The Morgan fingerprint density at radius 1 is 1.38 bits per heavy atom. The fraction of sp³-hybridized carbons (Fsp3) is 0.231. The van der Waals surface area contributed by atoms with Crippen LogP contribution >= 0.6 is 22.9 Å². The van der Waals surface area contributed by atoms with Crippen molar-refractivity contribution < 1.29 is 12.8 Å². The van der Waals surface area contributed by atoms with Crippen molar-refractivity contribution in [2.45, 2.75) is 24.8 Å². The zero-order valence-electron chi connectivity index (χ0n) is 11.4. The van der Waals surface area contributed by atoms with E-state index in [1.165, 1.54) is 11.3 Å². The second kappa shape index (κ2) is 5.92. The summed E-state index contributed by atoms with van der Waals surface area (Å²) < 4.78 is 40.4. The van der Waals surface area contributed by atoms with Crippen LogP contribution in [0.2, 0.25) is 5.02 Å². The van der Waals surface area contributed by atoms with Crippen molar-refractivity contribution in [2.75, 3.05) is 5.73 Å². The molecule has 114 valence electrons. The third-order valence-corrected chi connectivity index (χ3v) is 6.05. The largest absolute Gasteiger partial charge is 0.396 e. The molecule has 0 saturated heterocycles. The number of thiophene rings is 1. The normalized spacial score (nSPS) is 13.3. The van der Waals surface area contributed by atoms with Crippen LogP contribution in [0.1, 0.15) is 22.7 Å². The van der Waals surface area contributed by atoms with Crippen molar-refractivity contribution >= 4 is 38.6 Å². The summed E-state index contributed by atoms with van der Waals surface area (Å²) in [5.41, 5.74) is 5.14. The average Bonchev–Trinajstić information content (AvgIpc) is 2.80. The van der Waals surface area contributed by atoms with E-state index in [9.17, 15) is 12.8 Å². The molecule has 0 bridgehead atoms. The molecular weight excluding hydrogens is 335 g/mol. The van der Waals surface area contributed by atoms with Crippen molar-refractivity contribution in [3.05, 3.63) is 44.9 Å². The minimum Gasteiger partial charge on any atom is -0.396 e. The summed E-state index contributed by atoms with van der Waals surface area (Å²) in [4.78, 5) is 1.73. The van der Waals surface area contributed by atoms with Crippen LogP contribution in [-0.2, 0) is 10.0 Å². The zero-order chi connectivity index (χ0) is 15.8. The van der Waals surface area contributed by atoms with Crippen LogP contribution in [0.15, 0.2) is 29.2 Å². The van der Waals surface area contributed by atoms with Crippen molar-refractivity contribution in [3.63, 3.8) is 0 Å². The van der Waals surface area contributed by atoms with Gasteiger partial charge in [0.2, 0.25) is 10.0 Å². The molecule has 1 aromatic heterocycles. The number of anilines is 1. The van der Waals surface area contributed by atoms with E-state index < -0.39 is 21.9 Å². The summed E-state index contributed by atoms with van der Waals surface area (Å²) in [5.74, 6) is -0.749. The van der Waals surface area contributed by atoms with Gasteiger partial charge in [0.15, 0.2) is 0 Å². The molecule has 0 aliphatic rings. The minimum absolute atomic E-state index is 0.205. The van der Waals surface area contributed by atoms with Crippen LogP contribution in [0.5, 0.6) is 0 Å². The van der Waals surface area contributed by atoms with Gasteiger partial charge in [-0.05, 0) is 38.1 Å². The first-order valence-corrected chi connectivity index (χ1v) is 8.71. The monoisotopic (exact) mass is 348 g/mol. The van der Waals surface area contributed by atoms with Gasteiger partial charge in [-0.25, -0.2) is 17.5 Å². The number of aryl methyl sites for hydroxylation is 1. The highest BCUT2D eigenvalue weighted by molar-refractivity contribution is 7.89. The fourth-order valence-corrected chi connectivity index (χ4v) is 4.52. The number of hydrogen-bond acceptors (Lipinski definition) is 4. The van der Waals surface area contributed by atoms with Crippen LogP contribution in [0.3, 0.4) is 0 Å². The van der Waals surface area contributed by atoms with Gasteiger partial charge in [0, 0.05) is 9.75 Å². The summed E-state index contributed by atoms with van der Waals surface area (Å²) in [6, 6.07) is 5.26. The number of nitrogens with two attached hydrogens (primary N) is 1. The highest BCUT2D eigenvalue weighted by Crippen LogP contribution is 2.29. The van der Waals surface area contributed by atoms with Crippen LogP contribution in [0.25, 0.3) is 0 Å². The number of rotatable bonds is 4. The number of sulfonamides is 1. The number of halogens is 2. The quantitative estimate of drug-likeness (QED) is 0.831. The van der Waals surface area contributed by atoms with E-state index in [1.807, 2.05) is 19.1 Å². The third kappa shape index (κ3) is 3.55. The molecule has 1 heterocycles. The van der Waals surface area contributed by atoms with E-state index >= 15 is 0 Å². The lowest BCUT2D eigenvalue weighted by atomic mass is 10.3. The van der Waals surface area contributed by atoms with Crippen LogP contribution in [0, 0.1) is 12.7 Å². The Morgan fingerprint density at radius 3 is 2.62 bits per heavy atom. The molecule has 0 amide bonds. The lowest BCUT2D eigenvalue weighted by Crippen LogP contribution is -2.26.